The zero-order valence-electron chi connectivity index (χ0n) is 16.1. The third-order valence-corrected chi connectivity index (χ3v) is 5.29. The number of β-amino-alcohol motifs (C(OH)–C–C–N with tert-alkyl or cyclic N) is 1. The maximum absolute atomic E-state index is 13.0. The molecule has 2 atom stereocenters. The number of benzene rings is 2. The number of rotatable bonds is 7. The number of carbonyl (C=O) groups is 2. The zero-order chi connectivity index (χ0) is 20.1. The number of nitrogens with two attached hydrogens (primary N) is 1. The van der Waals surface area contributed by atoms with Crippen LogP contribution in [-0.4, -0.2) is 59.5 Å². The predicted octanol–water partition coefficient (Wildman–Crippen LogP) is 1.59. The average Bonchev–Trinajstić information content (AvgIpc) is 3.11. The largest absolute Gasteiger partial charge is 0.392 e. The van der Waals surface area contributed by atoms with Crippen LogP contribution in [0.4, 0.5) is 0 Å². The quantitative estimate of drug-likeness (QED) is 0.763. The van der Waals surface area contributed by atoms with Crippen LogP contribution in [0.5, 0.6) is 0 Å². The van der Waals surface area contributed by atoms with E-state index in [4.69, 9.17) is 5.73 Å². The minimum Gasteiger partial charge on any atom is -0.392 e. The highest BCUT2D eigenvalue weighted by atomic mass is 16.3. The van der Waals surface area contributed by atoms with Gasteiger partial charge < -0.3 is 15.7 Å². The number of likely N-dealkylation sites (N-methyl/N-ethyl adjacent to an activating group) is 1. The Morgan fingerprint density at radius 2 is 1.96 bits per heavy atom. The Bertz CT molecular complexity index is 825. The normalized spacial score (nSPS) is 18.0. The standard InChI is InChI=1S/C22H27N3O3/c1-24(21(27)13-16-6-5-9-18(12-16)22(23)28)20(17-7-3-2-4-8-17)15-25-11-10-19(26)14-25/h2-9,12,19-20,26H,10-11,13-15H2,1H3,(H2,23,28)/t19-,20?/m0/s1. The number of primary amides is 1. The van der Waals surface area contributed by atoms with Crippen molar-refractivity contribution in [1.82, 2.24) is 9.80 Å². The first-order valence-electron chi connectivity index (χ1n) is 9.54. The number of aliphatic hydroxyl groups is 1. The van der Waals surface area contributed by atoms with Gasteiger partial charge >= 0.3 is 0 Å². The molecule has 3 rings (SSSR count). The van der Waals surface area contributed by atoms with Crippen LogP contribution in [0.25, 0.3) is 0 Å². The molecular formula is C22H27N3O3. The van der Waals surface area contributed by atoms with E-state index in [1.54, 1.807) is 23.1 Å². The molecule has 1 unspecified atom stereocenters. The number of nitrogens with zero attached hydrogens (tertiary/aromatic N) is 2. The first-order chi connectivity index (χ1) is 13.4. The van der Waals surface area contributed by atoms with Gasteiger partial charge in [0.05, 0.1) is 18.6 Å². The van der Waals surface area contributed by atoms with Gasteiger partial charge in [-0.1, -0.05) is 42.5 Å². The van der Waals surface area contributed by atoms with Gasteiger partial charge in [-0.15, -0.1) is 0 Å². The monoisotopic (exact) mass is 381 g/mol. The molecular weight excluding hydrogens is 354 g/mol. The third kappa shape index (κ3) is 4.97. The van der Waals surface area contributed by atoms with E-state index in [9.17, 15) is 14.7 Å². The van der Waals surface area contributed by atoms with E-state index in [1.807, 2.05) is 43.4 Å². The summed E-state index contributed by atoms with van der Waals surface area (Å²) in [4.78, 5) is 28.3. The molecule has 1 saturated heterocycles. The molecule has 28 heavy (non-hydrogen) atoms. The lowest BCUT2D eigenvalue weighted by atomic mass is 10.0. The van der Waals surface area contributed by atoms with Gasteiger partial charge in [-0.05, 0) is 29.7 Å². The van der Waals surface area contributed by atoms with Crippen LogP contribution in [0.3, 0.4) is 0 Å². The van der Waals surface area contributed by atoms with Gasteiger partial charge in [0.25, 0.3) is 0 Å². The molecule has 1 aliphatic heterocycles. The maximum Gasteiger partial charge on any atom is 0.248 e. The van der Waals surface area contributed by atoms with Crippen molar-refractivity contribution in [1.29, 1.82) is 0 Å². The minimum absolute atomic E-state index is 0.0322. The van der Waals surface area contributed by atoms with Crippen molar-refractivity contribution >= 4 is 11.8 Å². The van der Waals surface area contributed by atoms with Gasteiger partial charge in [-0.3, -0.25) is 14.5 Å². The summed E-state index contributed by atoms with van der Waals surface area (Å²) in [7, 11) is 1.81. The van der Waals surface area contributed by atoms with Gasteiger partial charge in [-0.25, -0.2) is 0 Å². The van der Waals surface area contributed by atoms with E-state index in [0.29, 0.717) is 18.7 Å². The van der Waals surface area contributed by atoms with Crippen LogP contribution in [0, 0.1) is 0 Å². The van der Waals surface area contributed by atoms with Crippen LogP contribution < -0.4 is 5.73 Å². The Kier molecular flexibility index (Phi) is 6.44. The Labute approximate surface area is 165 Å². The lowest BCUT2D eigenvalue weighted by Crippen LogP contribution is -2.39. The summed E-state index contributed by atoms with van der Waals surface area (Å²) >= 11 is 0. The number of carbonyl (C=O) groups excluding carboxylic acids is 2. The first-order valence-corrected chi connectivity index (χ1v) is 9.54. The van der Waals surface area contributed by atoms with Crippen molar-refractivity contribution in [2.45, 2.75) is 25.0 Å². The van der Waals surface area contributed by atoms with Crippen molar-refractivity contribution in [3.63, 3.8) is 0 Å². The molecule has 0 saturated carbocycles. The fraction of sp³-hybridized carbons (Fsp3) is 0.364. The first kappa shape index (κ1) is 20.0. The van der Waals surface area contributed by atoms with E-state index >= 15 is 0 Å². The zero-order valence-corrected chi connectivity index (χ0v) is 16.1. The van der Waals surface area contributed by atoms with Gasteiger partial charge in [-0.2, -0.15) is 0 Å². The molecule has 3 N–H and O–H groups in total. The molecule has 6 heteroatoms. The third-order valence-electron chi connectivity index (χ3n) is 5.29. The summed E-state index contributed by atoms with van der Waals surface area (Å²) in [5, 5.41) is 9.84. The lowest BCUT2D eigenvalue weighted by Gasteiger charge is -2.32. The summed E-state index contributed by atoms with van der Waals surface area (Å²) in [6, 6.07) is 16.7. The second kappa shape index (κ2) is 8.99. The van der Waals surface area contributed by atoms with E-state index in [-0.39, 0.29) is 24.5 Å². The molecule has 0 aliphatic carbocycles. The van der Waals surface area contributed by atoms with Crippen LogP contribution in [0.15, 0.2) is 54.6 Å². The van der Waals surface area contributed by atoms with E-state index in [2.05, 4.69) is 4.90 Å². The number of hydrogen-bond acceptors (Lipinski definition) is 4. The smallest absolute Gasteiger partial charge is 0.248 e. The predicted molar refractivity (Wildman–Crippen MR) is 108 cm³/mol. The van der Waals surface area contributed by atoms with Crippen molar-refractivity contribution in [3.05, 3.63) is 71.3 Å². The molecule has 148 valence electrons. The average molecular weight is 381 g/mol. The highest BCUT2D eigenvalue weighted by Gasteiger charge is 2.28. The Morgan fingerprint density at radius 3 is 2.61 bits per heavy atom. The topological polar surface area (TPSA) is 86.9 Å². The molecule has 0 aromatic heterocycles. The molecule has 0 bridgehead atoms. The molecule has 0 spiro atoms. The molecule has 2 amide bonds. The fourth-order valence-corrected chi connectivity index (χ4v) is 3.66. The molecule has 2 aromatic rings. The molecule has 0 radical (unpaired) electrons. The molecule has 1 fully saturated rings. The molecule has 6 nitrogen and oxygen atoms in total. The van der Waals surface area contributed by atoms with Crippen molar-refractivity contribution in [2.75, 3.05) is 26.7 Å². The maximum atomic E-state index is 13.0. The highest BCUT2D eigenvalue weighted by Crippen LogP contribution is 2.24. The minimum atomic E-state index is -0.502. The molecule has 1 aliphatic rings. The second-order valence-corrected chi connectivity index (χ2v) is 7.37. The number of hydrogen-bond donors (Lipinski definition) is 2. The van der Waals surface area contributed by atoms with Gasteiger partial charge in [0.15, 0.2) is 0 Å². The van der Waals surface area contributed by atoms with Gasteiger partial charge in [0.1, 0.15) is 0 Å². The highest BCUT2D eigenvalue weighted by molar-refractivity contribution is 5.93. The molecule has 2 aromatic carbocycles. The van der Waals surface area contributed by atoms with Gasteiger partial charge in [0.2, 0.25) is 11.8 Å². The van der Waals surface area contributed by atoms with Crippen LogP contribution in [-0.2, 0) is 11.2 Å². The summed E-state index contributed by atoms with van der Waals surface area (Å²) in [6.45, 7) is 2.13. The van der Waals surface area contributed by atoms with E-state index in [0.717, 1.165) is 24.1 Å². The Balaban J connectivity index is 1.76. The van der Waals surface area contributed by atoms with Crippen LogP contribution in [0.2, 0.25) is 0 Å². The summed E-state index contributed by atoms with van der Waals surface area (Å²) < 4.78 is 0. The lowest BCUT2D eigenvalue weighted by molar-refractivity contribution is -0.131. The van der Waals surface area contributed by atoms with E-state index in [1.165, 1.54) is 0 Å². The number of likely N-dealkylation sites (tertiary alicyclic amines) is 1. The number of amides is 2. The Morgan fingerprint density at radius 1 is 1.21 bits per heavy atom. The fourth-order valence-electron chi connectivity index (χ4n) is 3.66. The number of aliphatic hydroxyl groups excluding tert-OH is 1. The SMILES string of the molecule is CN(C(=O)Cc1cccc(C(N)=O)c1)C(CN1CC[C@H](O)C1)c1ccccc1. The van der Waals surface area contributed by atoms with Crippen molar-refractivity contribution in [2.24, 2.45) is 5.73 Å². The van der Waals surface area contributed by atoms with Gasteiger partial charge in [0, 0.05) is 32.2 Å². The molecule has 1 heterocycles. The van der Waals surface area contributed by atoms with Crippen LogP contribution >= 0.6 is 0 Å². The van der Waals surface area contributed by atoms with Crippen LogP contribution in [0.1, 0.15) is 33.9 Å². The Hall–Kier alpha value is -2.70. The van der Waals surface area contributed by atoms with E-state index < -0.39 is 5.91 Å². The summed E-state index contributed by atoms with van der Waals surface area (Å²) in [5.74, 6) is -0.535. The van der Waals surface area contributed by atoms with Crippen molar-refractivity contribution < 1.29 is 14.7 Å². The summed E-state index contributed by atoms with van der Waals surface area (Å²) in [5.41, 5.74) is 7.56. The second-order valence-electron chi connectivity index (χ2n) is 7.37. The van der Waals surface area contributed by atoms with Crippen molar-refractivity contribution in [3.8, 4) is 0 Å². The summed E-state index contributed by atoms with van der Waals surface area (Å²) in [6.07, 6.45) is 0.664.